The number of nitrogens with zero attached hydrogens (tertiary/aromatic N) is 5. The summed E-state index contributed by atoms with van der Waals surface area (Å²) in [6.07, 6.45) is 2.93. The highest BCUT2D eigenvalue weighted by atomic mass is 32.2. The summed E-state index contributed by atoms with van der Waals surface area (Å²) in [7, 11) is 0. The topological polar surface area (TPSA) is 79.2 Å². The van der Waals surface area contributed by atoms with Gasteiger partial charge in [0.2, 0.25) is 0 Å². The molecule has 0 aliphatic carbocycles. The molecular formula is C25H36N6O2S. The lowest BCUT2D eigenvalue weighted by atomic mass is 10.2. The summed E-state index contributed by atoms with van der Waals surface area (Å²) in [5.74, 6) is 1.15. The van der Waals surface area contributed by atoms with Crippen molar-refractivity contribution < 1.29 is 0 Å². The third-order valence-corrected chi connectivity index (χ3v) is 7.77. The van der Waals surface area contributed by atoms with Crippen LogP contribution in [0.3, 0.4) is 0 Å². The van der Waals surface area contributed by atoms with Gasteiger partial charge < -0.3 is 9.88 Å². The molecule has 0 bridgehead atoms. The molecule has 0 radical (unpaired) electrons. The zero-order valence-electron chi connectivity index (χ0n) is 20.5. The maximum absolute atomic E-state index is 13.0. The molecule has 0 spiro atoms. The fourth-order valence-electron chi connectivity index (χ4n) is 4.65. The minimum absolute atomic E-state index is 0.241. The van der Waals surface area contributed by atoms with Crippen LogP contribution in [0.5, 0.6) is 0 Å². The van der Waals surface area contributed by atoms with E-state index in [1.807, 2.05) is 25.6 Å². The number of para-hydroxylation sites is 1. The average Bonchev–Trinajstić information content (AvgIpc) is 3.18. The number of rotatable bonds is 10. The van der Waals surface area contributed by atoms with Crippen LogP contribution in [0.25, 0.3) is 11.0 Å². The first-order chi connectivity index (χ1) is 16.5. The number of aromatic nitrogens is 4. The van der Waals surface area contributed by atoms with Crippen molar-refractivity contribution in [2.75, 3.05) is 43.4 Å². The first-order valence-corrected chi connectivity index (χ1v) is 13.4. The van der Waals surface area contributed by atoms with E-state index in [9.17, 15) is 9.59 Å². The highest BCUT2D eigenvalue weighted by Gasteiger charge is 2.19. The number of hydrogen-bond acceptors (Lipinski definition) is 6. The standard InChI is InChI=1S/C25H36N6O2S/c1-4-18-34-21-11-7-6-10-20(21)29-16-14-28(15-17-29)12-8-9-13-30-24(32)23-22(26-25(30)33)19(3)27-31(23)5-2/h6-7,10-11H,4-5,8-9,12-18H2,1-3H3,(H,26,33). The summed E-state index contributed by atoms with van der Waals surface area (Å²) >= 11 is 1.95. The lowest BCUT2D eigenvalue weighted by Crippen LogP contribution is -2.46. The molecule has 1 aromatic carbocycles. The minimum atomic E-state index is -0.343. The van der Waals surface area contributed by atoms with Gasteiger partial charge in [0.05, 0.1) is 16.9 Å². The van der Waals surface area contributed by atoms with E-state index < -0.39 is 0 Å². The van der Waals surface area contributed by atoms with Crippen LogP contribution in [0.4, 0.5) is 5.69 Å². The number of fused-ring (bicyclic) bond motifs is 1. The van der Waals surface area contributed by atoms with E-state index >= 15 is 0 Å². The minimum Gasteiger partial charge on any atom is -0.368 e. The van der Waals surface area contributed by atoms with Crippen molar-refractivity contribution in [2.45, 2.75) is 58.0 Å². The van der Waals surface area contributed by atoms with Crippen LogP contribution >= 0.6 is 11.8 Å². The molecule has 1 aliphatic heterocycles. The molecule has 4 rings (SSSR count). The van der Waals surface area contributed by atoms with E-state index in [-0.39, 0.29) is 11.2 Å². The molecule has 34 heavy (non-hydrogen) atoms. The summed E-state index contributed by atoms with van der Waals surface area (Å²) in [6, 6.07) is 8.74. The monoisotopic (exact) mass is 484 g/mol. The largest absolute Gasteiger partial charge is 0.368 e. The van der Waals surface area contributed by atoms with Crippen molar-refractivity contribution in [1.82, 2.24) is 24.2 Å². The lowest BCUT2D eigenvalue weighted by Gasteiger charge is -2.37. The third kappa shape index (κ3) is 5.25. The number of benzene rings is 1. The molecule has 1 fully saturated rings. The van der Waals surface area contributed by atoms with Crippen LogP contribution in [0.15, 0.2) is 38.8 Å². The Morgan fingerprint density at radius 2 is 1.76 bits per heavy atom. The van der Waals surface area contributed by atoms with Crippen molar-refractivity contribution in [3.05, 3.63) is 50.8 Å². The van der Waals surface area contributed by atoms with Gasteiger partial charge in [0, 0.05) is 44.2 Å². The van der Waals surface area contributed by atoms with E-state index in [4.69, 9.17) is 0 Å². The van der Waals surface area contributed by atoms with Crippen molar-refractivity contribution >= 4 is 28.5 Å². The van der Waals surface area contributed by atoms with Crippen molar-refractivity contribution in [2.24, 2.45) is 0 Å². The molecule has 3 aromatic rings. The maximum atomic E-state index is 13.0. The Labute approximate surface area is 204 Å². The zero-order valence-corrected chi connectivity index (χ0v) is 21.4. The Hall–Kier alpha value is -2.52. The van der Waals surface area contributed by atoms with Gasteiger partial charge in [-0.3, -0.25) is 18.9 Å². The second kappa shape index (κ2) is 11.3. The first kappa shape index (κ1) is 24.6. The predicted molar refractivity (Wildman–Crippen MR) is 140 cm³/mol. The summed E-state index contributed by atoms with van der Waals surface area (Å²) in [6.45, 7) is 12.1. The molecular weight excluding hydrogens is 448 g/mol. The number of anilines is 1. The van der Waals surface area contributed by atoms with E-state index in [1.54, 1.807) is 4.68 Å². The second-order valence-electron chi connectivity index (χ2n) is 8.86. The number of H-pyrrole nitrogens is 1. The number of nitrogens with one attached hydrogen (secondary N) is 1. The molecule has 0 amide bonds. The molecule has 0 saturated carbocycles. The Kier molecular flexibility index (Phi) is 8.15. The highest BCUT2D eigenvalue weighted by molar-refractivity contribution is 7.99. The quantitative estimate of drug-likeness (QED) is 0.351. The number of piperazine rings is 1. The third-order valence-electron chi connectivity index (χ3n) is 6.50. The zero-order chi connectivity index (χ0) is 24.1. The first-order valence-electron chi connectivity index (χ1n) is 12.4. The van der Waals surface area contributed by atoms with Crippen LogP contribution in [-0.4, -0.2) is 62.7 Å². The van der Waals surface area contributed by atoms with Gasteiger partial charge in [0.25, 0.3) is 5.56 Å². The molecule has 1 N–H and O–H groups in total. The molecule has 1 saturated heterocycles. The normalized spacial score (nSPS) is 14.9. The Bertz CT molecular complexity index is 1220. The summed E-state index contributed by atoms with van der Waals surface area (Å²) in [5, 5.41) is 4.38. The van der Waals surface area contributed by atoms with Gasteiger partial charge in [-0.05, 0) is 57.5 Å². The molecule has 1 aliphatic rings. The van der Waals surface area contributed by atoms with Crippen LogP contribution in [0, 0.1) is 6.92 Å². The second-order valence-corrected chi connectivity index (χ2v) is 10.0. The Morgan fingerprint density at radius 1 is 1.03 bits per heavy atom. The Morgan fingerprint density at radius 3 is 2.50 bits per heavy atom. The molecule has 184 valence electrons. The van der Waals surface area contributed by atoms with Crippen molar-refractivity contribution in [1.29, 1.82) is 0 Å². The van der Waals surface area contributed by atoms with Gasteiger partial charge in [-0.2, -0.15) is 5.10 Å². The SMILES string of the molecule is CCCSc1ccccc1N1CCN(CCCCn2c(=O)[nH]c3c(C)nn(CC)c3c2=O)CC1. The van der Waals surface area contributed by atoms with Crippen LogP contribution in [-0.2, 0) is 13.1 Å². The van der Waals surface area contributed by atoms with Gasteiger partial charge in [-0.15, -0.1) is 11.8 Å². The van der Waals surface area contributed by atoms with Crippen molar-refractivity contribution in [3.8, 4) is 0 Å². The molecule has 0 atom stereocenters. The highest BCUT2D eigenvalue weighted by Crippen LogP contribution is 2.31. The fourth-order valence-corrected chi connectivity index (χ4v) is 5.59. The number of thioether (sulfide) groups is 1. The van der Waals surface area contributed by atoms with E-state index in [1.165, 1.54) is 21.6 Å². The maximum Gasteiger partial charge on any atom is 0.328 e. The average molecular weight is 485 g/mol. The number of unbranched alkanes of at least 4 members (excludes halogenated alkanes) is 1. The summed E-state index contributed by atoms with van der Waals surface area (Å²) in [4.78, 5) is 34.7. The number of aryl methyl sites for hydroxylation is 2. The Balaban J connectivity index is 1.30. The van der Waals surface area contributed by atoms with Crippen molar-refractivity contribution in [3.63, 3.8) is 0 Å². The van der Waals surface area contributed by atoms with Crippen LogP contribution in [0.1, 0.15) is 38.8 Å². The molecule has 9 heteroatoms. The lowest BCUT2D eigenvalue weighted by molar-refractivity contribution is 0.250. The van der Waals surface area contributed by atoms with Crippen LogP contribution < -0.4 is 16.1 Å². The predicted octanol–water partition coefficient (Wildman–Crippen LogP) is 3.32. The number of hydrogen-bond donors (Lipinski definition) is 1. The molecule has 2 aromatic heterocycles. The smallest absolute Gasteiger partial charge is 0.328 e. The van der Waals surface area contributed by atoms with Gasteiger partial charge in [0.1, 0.15) is 0 Å². The van der Waals surface area contributed by atoms with Gasteiger partial charge >= 0.3 is 5.69 Å². The van der Waals surface area contributed by atoms with Gasteiger partial charge in [-0.25, -0.2) is 4.79 Å². The van der Waals surface area contributed by atoms with Gasteiger partial charge in [-0.1, -0.05) is 19.1 Å². The molecule has 8 nitrogen and oxygen atoms in total. The number of aromatic amines is 1. The molecule has 0 unspecified atom stereocenters. The van der Waals surface area contributed by atoms with Crippen LogP contribution in [0.2, 0.25) is 0 Å². The van der Waals surface area contributed by atoms with Gasteiger partial charge in [0.15, 0.2) is 5.52 Å². The van der Waals surface area contributed by atoms with E-state index in [0.29, 0.717) is 29.8 Å². The van der Waals surface area contributed by atoms with E-state index in [2.05, 4.69) is 51.1 Å². The van der Waals surface area contributed by atoms with E-state index in [0.717, 1.165) is 51.3 Å². The summed E-state index contributed by atoms with van der Waals surface area (Å²) < 4.78 is 3.01. The summed E-state index contributed by atoms with van der Waals surface area (Å²) in [5.41, 5.74) is 2.51. The molecule has 3 heterocycles. The fraction of sp³-hybridized carbons (Fsp3) is 0.560.